The highest BCUT2D eigenvalue weighted by atomic mass is 14.8. The minimum Gasteiger partial charge on any atom is -0.325 e. The summed E-state index contributed by atoms with van der Waals surface area (Å²) < 4.78 is 0. The molecule has 0 spiro atoms. The van der Waals surface area contributed by atoms with Crippen LogP contribution in [-0.4, -0.2) is 5.54 Å². The lowest BCUT2D eigenvalue weighted by Crippen LogP contribution is -2.50. The summed E-state index contributed by atoms with van der Waals surface area (Å²) >= 11 is 0. The molecule has 5 atom stereocenters. The summed E-state index contributed by atoms with van der Waals surface area (Å²) in [7, 11) is 0. The molecule has 2 bridgehead atoms. The van der Waals surface area contributed by atoms with Crippen LogP contribution in [0, 0.1) is 29.6 Å². The lowest BCUT2D eigenvalue weighted by Gasteiger charge is -2.41. The van der Waals surface area contributed by atoms with Crippen LogP contribution in [0.25, 0.3) is 0 Å². The van der Waals surface area contributed by atoms with Gasteiger partial charge in [-0.1, -0.05) is 32.1 Å². The lowest BCUT2D eigenvalue weighted by atomic mass is 9.68. The van der Waals surface area contributed by atoms with Crippen molar-refractivity contribution >= 4 is 0 Å². The number of rotatable bonds is 2. The molecular formula is C16H27N. The van der Waals surface area contributed by atoms with Gasteiger partial charge in [0.2, 0.25) is 0 Å². The van der Waals surface area contributed by atoms with E-state index >= 15 is 0 Å². The van der Waals surface area contributed by atoms with Crippen LogP contribution in [0.1, 0.15) is 64.2 Å². The van der Waals surface area contributed by atoms with E-state index in [0.29, 0.717) is 0 Å². The lowest BCUT2D eigenvalue weighted by molar-refractivity contribution is 0.131. The van der Waals surface area contributed by atoms with E-state index < -0.39 is 0 Å². The van der Waals surface area contributed by atoms with Crippen LogP contribution < -0.4 is 5.73 Å². The van der Waals surface area contributed by atoms with Crippen molar-refractivity contribution in [2.24, 2.45) is 35.3 Å². The molecule has 2 N–H and O–H groups in total. The van der Waals surface area contributed by atoms with E-state index in [2.05, 4.69) is 0 Å². The molecule has 1 nitrogen and oxygen atoms in total. The van der Waals surface area contributed by atoms with E-state index in [4.69, 9.17) is 5.73 Å². The van der Waals surface area contributed by atoms with Gasteiger partial charge in [-0.2, -0.15) is 0 Å². The fraction of sp³-hybridized carbons (Fsp3) is 1.00. The monoisotopic (exact) mass is 233 g/mol. The van der Waals surface area contributed by atoms with Crippen LogP contribution in [0.5, 0.6) is 0 Å². The van der Waals surface area contributed by atoms with Gasteiger partial charge in [-0.3, -0.25) is 0 Å². The van der Waals surface area contributed by atoms with Crippen molar-refractivity contribution in [1.29, 1.82) is 0 Å². The molecule has 0 aliphatic heterocycles. The standard InChI is InChI=1S/C16H27N/c17-16(9-11-4-1-2-5-11)10-12-8-15(16)14-7-3-6-13(12)14/h11-15H,1-10,17H2. The summed E-state index contributed by atoms with van der Waals surface area (Å²) in [4.78, 5) is 0. The maximum atomic E-state index is 6.88. The third-order valence-corrected chi connectivity index (χ3v) is 6.83. The highest BCUT2D eigenvalue weighted by Gasteiger charge is 2.59. The van der Waals surface area contributed by atoms with E-state index in [1.54, 1.807) is 0 Å². The van der Waals surface area contributed by atoms with Crippen molar-refractivity contribution in [3.63, 3.8) is 0 Å². The Morgan fingerprint density at radius 2 is 1.71 bits per heavy atom. The molecule has 4 saturated carbocycles. The zero-order valence-electron chi connectivity index (χ0n) is 11.0. The maximum Gasteiger partial charge on any atom is 0.0191 e. The van der Waals surface area contributed by atoms with Crippen molar-refractivity contribution in [2.75, 3.05) is 0 Å². The normalized spacial score (nSPS) is 53.5. The molecule has 0 aromatic heterocycles. The van der Waals surface area contributed by atoms with Gasteiger partial charge in [0.05, 0.1) is 0 Å². The Labute approximate surface area is 106 Å². The van der Waals surface area contributed by atoms with Gasteiger partial charge in [0, 0.05) is 5.54 Å². The average Bonchev–Trinajstić information content (AvgIpc) is 2.96. The predicted molar refractivity (Wildman–Crippen MR) is 70.5 cm³/mol. The number of hydrogen-bond donors (Lipinski definition) is 1. The molecule has 0 aromatic rings. The van der Waals surface area contributed by atoms with Gasteiger partial charge in [-0.15, -0.1) is 0 Å². The second kappa shape index (κ2) is 3.73. The third kappa shape index (κ3) is 1.54. The first kappa shape index (κ1) is 10.8. The van der Waals surface area contributed by atoms with E-state index in [-0.39, 0.29) is 5.54 Å². The molecule has 4 aliphatic carbocycles. The van der Waals surface area contributed by atoms with Crippen LogP contribution >= 0.6 is 0 Å². The topological polar surface area (TPSA) is 26.0 Å². The summed E-state index contributed by atoms with van der Waals surface area (Å²) in [5, 5.41) is 0. The summed E-state index contributed by atoms with van der Waals surface area (Å²) in [6.07, 6.45) is 14.7. The van der Waals surface area contributed by atoms with Crippen LogP contribution in [0.4, 0.5) is 0 Å². The van der Waals surface area contributed by atoms with Crippen LogP contribution in [-0.2, 0) is 0 Å². The van der Waals surface area contributed by atoms with Crippen molar-refractivity contribution < 1.29 is 0 Å². The first-order valence-corrected chi connectivity index (χ1v) is 8.05. The maximum absolute atomic E-state index is 6.88. The Balaban J connectivity index is 1.51. The van der Waals surface area contributed by atoms with Gasteiger partial charge >= 0.3 is 0 Å². The minimum atomic E-state index is 0.269. The second-order valence-corrected chi connectivity index (χ2v) is 7.65. The minimum absolute atomic E-state index is 0.269. The highest BCUT2D eigenvalue weighted by Crippen LogP contribution is 2.63. The molecule has 0 aromatic carbocycles. The van der Waals surface area contributed by atoms with Gasteiger partial charge in [-0.05, 0) is 61.7 Å². The van der Waals surface area contributed by atoms with E-state index in [9.17, 15) is 0 Å². The number of hydrogen-bond acceptors (Lipinski definition) is 1. The number of nitrogens with two attached hydrogens (primary N) is 1. The molecule has 5 unspecified atom stereocenters. The first-order valence-electron chi connectivity index (χ1n) is 8.05. The molecule has 4 fully saturated rings. The van der Waals surface area contributed by atoms with Gasteiger partial charge in [-0.25, -0.2) is 0 Å². The molecule has 1 heteroatoms. The molecular weight excluding hydrogens is 206 g/mol. The predicted octanol–water partition coefficient (Wildman–Crippen LogP) is 3.72. The SMILES string of the molecule is NC1(CC2CCCC2)CC2CC1C1CCCC21. The summed E-state index contributed by atoms with van der Waals surface area (Å²) in [5.41, 5.74) is 7.15. The van der Waals surface area contributed by atoms with Gasteiger partial charge in [0.25, 0.3) is 0 Å². The average molecular weight is 233 g/mol. The summed E-state index contributed by atoms with van der Waals surface area (Å²) in [5.74, 6) is 5.07. The van der Waals surface area contributed by atoms with Gasteiger partial charge < -0.3 is 5.73 Å². The Morgan fingerprint density at radius 3 is 2.53 bits per heavy atom. The molecule has 0 radical (unpaired) electrons. The molecule has 4 aliphatic rings. The van der Waals surface area contributed by atoms with E-state index in [0.717, 1.165) is 29.6 Å². The van der Waals surface area contributed by atoms with E-state index in [1.807, 2.05) is 0 Å². The smallest absolute Gasteiger partial charge is 0.0191 e. The fourth-order valence-corrected chi connectivity index (χ4v) is 6.30. The van der Waals surface area contributed by atoms with Crippen LogP contribution in [0.15, 0.2) is 0 Å². The van der Waals surface area contributed by atoms with Crippen LogP contribution in [0.2, 0.25) is 0 Å². The second-order valence-electron chi connectivity index (χ2n) is 7.65. The van der Waals surface area contributed by atoms with Crippen molar-refractivity contribution in [2.45, 2.75) is 69.7 Å². The highest BCUT2D eigenvalue weighted by molar-refractivity contribution is 5.12. The summed E-state index contributed by atoms with van der Waals surface area (Å²) in [6, 6.07) is 0. The summed E-state index contributed by atoms with van der Waals surface area (Å²) in [6.45, 7) is 0. The molecule has 0 amide bonds. The van der Waals surface area contributed by atoms with Crippen LogP contribution in [0.3, 0.4) is 0 Å². The number of fused-ring (bicyclic) bond motifs is 5. The first-order chi connectivity index (χ1) is 8.26. The molecule has 96 valence electrons. The molecule has 4 rings (SSSR count). The Bertz CT molecular complexity index is 307. The molecule has 17 heavy (non-hydrogen) atoms. The van der Waals surface area contributed by atoms with E-state index in [1.165, 1.54) is 64.2 Å². The third-order valence-electron chi connectivity index (χ3n) is 6.83. The van der Waals surface area contributed by atoms with Crippen molar-refractivity contribution in [1.82, 2.24) is 0 Å². The quantitative estimate of drug-likeness (QED) is 0.773. The Kier molecular flexibility index (Phi) is 2.38. The Morgan fingerprint density at radius 1 is 0.941 bits per heavy atom. The van der Waals surface area contributed by atoms with Gasteiger partial charge in [0.1, 0.15) is 0 Å². The largest absolute Gasteiger partial charge is 0.325 e. The zero-order valence-corrected chi connectivity index (χ0v) is 11.0. The van der Waals surface area contributed by atoms with Crippen molar-refractivity contribution in [3.05, 3.63) is 0 Å². The zero-order chi connectivity index (χ0) is 11.5. The fourth-order valence-electron chi connectivity index (χ4n) is 6.30. The Hall–Kier alpha value is -0.0400. The van der Waals surface area contributed by atoms with Crippen molar-refractivity contribution in [3.8, 4) is 0 Å². The van der Waals surface area contributed by atoms with Gasteiger partial charge in [0.15, 0.2) is 0 Å². The molecule has 0 heterocycles. The molecule has 0 saturated heterocycles.